The van der Waals surface area contributed by atoms with Crippen LogP contribution in [0.2, 0.25) is 0 Å². The molecule has 1 saturated heterocycles. The lowest BCUT2D eigenvalue weighted by atomic mass is 10.1. The van der Waals surface area contributed by atoms with Crippen LogP contribution >= 0.6 is 0 Å². The van der Waals surface area contributed by atoms with Crippen LogP contribution in [0.1, 0.15) is 39.5 Å². The van der Waals surface area contributed by atoms with Gasteiger partial charge in [0.1, 0.15) is 0 Å². The van der Waals surface area contributed by atoms with E-state index in [9.17, 15) is 18.0 Å². The zero-order valence-corrected chi connectivity index (χ0v) is 13.6. The first-order valence-corrected chi connectivity index (χ1v) is 8.14. The molecule has 2 unspecified atom stereocenters. The van der Waals surface area contributed by atoms with Crippen molar-refractivity contribution in [3.8, 4) is 0 Å². The van der Waals surface area contributed by atoms with Gasteiger partial charge in [0.2, 0.25) is 5.91 Å². The van der Waals surface area contributed by atoms with E-state index in [0.29, 0.717) is 5.56 Å². The van der Waals surface area contributed by atoms with Gasteiger partial charge in [-0.15, -0.1) is 0 Å². The van der Waals surface area contributed by atoms with E-state index < -0.39 is 17.6 Å². The van der Waals surface area contributed by atoms with Crippen molar-refractivity contribution in [2.24, 2.45) is 5.73 Å². The summed E-state index contributed by atoms with van der Waals surface area (Å²) in [7, 11) is 0. The number of alkyl halides is 3. The third-order valence-corrected chi connectivity index (χ3v) is 4.46. The summed E-state index contributed by atoms with van der Waals surface area (Å²) in [6.45, 7) is 1.63. The molecule has 6 heteroatoms. The minimum atomic E-state index is -4.30. The SMILES string of the molecule is NC(=O)c1ccc(CCCN2CC2c2cccc(C(F)(F)F)c2)cc1. The van der Waals surface area contributed by atoms with Gasteiger partial charge in [-0.3, -0.25) is 9.69 Å². The summed E-state index contributed by atoms with van der Waals surface area (Å²) in [5, 5.41) is 0. The molecule has 0 radical (unpaired) electrons. The van der Waals surface area contributed by atoms with Gasteiger partial charge in [-0.2, -0.15) is 13.2 Å². The Kier molecular flexibility index (Phi) is 4.81. The summed E-state index contributed by atoms with van der Waals surface area (Å²) in [6, 6.07) is 12.8. The van der Waals surface area contributed by atoms with E-state index in [0.717, 1.165) is 43.1 Å². The molecule has 0 saturated carbocycles. The van der Waals surface area contributed by atoms with Gasteiger partial charge in [0, 0.05) is 18.2 Å². The van der Waals surface area contributed by atoms with Crippen molar-refractivity contribution in [1.82, 2.24) is 4.90 Å². The lowest BCUT2D eigenvalue weighted by Crippen LogP contribution is -2.10. The molecule has 2 N–H and O–H groups in total. The maximum absolute atomic E-state index is 12.8. The van der Waals surface area contributed by atoms with Gasteiger partial charge in [-0.1, -0.05) is 24.3 Å². The zero-order valence-electron chi connectivity index (χ0n) is 13.6. The number of amides is 1. The van der Waals surface area contributed by atoms with Crippen LogP contribution in [0.5, 0.6) is 0 Å². The van der Waals surface area contributed by atoms with Crippen LogP contribution in [0.15, 0.2) is 48.5 Å². The third kappa shape index (κ3) is 4.39. The lowest BCUT2D eigenvalue weighted by Gasteiger charge is -2.09. The fourth-order valence-electron chi connectivity index (χ4n) is 2.98. The van der Waals surface area contributed by atoms with Gasteiger partial charge >= 0.3 is 6.18 Å². The summed E-state index contributed by atoms with van der Waals surface area (Å²) in [6.07, 6.45) is -2.54. The van der Waals surface area contributed by atoms with Crippen LogP contribution in [0.25, 0.3) is 0 Å². The average Bonchev–Trinajstić information content (AvgIpc) is 3.34. The van der Waals surface area contributed by atoms with E-state index >= 15 is 0 Å². The monoisotopic (exact) mass is 348 g/mol. The maximum atomic E-state index is 12.8. The Hall–Kier alpha value is -2.34. The number of aryl methyl sites for hydroxylation is 1. The fourth-order valence-corrected chi connectivity index (χ4v) is 2.98. The van der Waals surface area contributed by atoms with Gasteiger partial charge < -0.3 is 5.73 Å². The van der Waals surface area contributed by atoms with Crippen LogP contribution in [-0.2, 0) is 12.6 Å². The number of rotatable bonds is 6. The molecule has 2 aromatic carbocycles. The van der Waals surface area contributed by atoms with Crippen LogP contribution in [0.3, 0.4) is 0 Å². The van der Waals surface area contributed by atoms with Crippen LogP contribution < -0.4 is 5.73 Å². The molecule has 3 rings (SSSR count). The van der Waals surface area contributed by atoms with Crippen molar-refractivity contribution >= 4 is 5.91 Å². The number of carbonyl (C=O) groups is 1. The van der Waals surface area contributed by atoms with Gasteiger partial charge in [-0.05, 0) is 54.8 Å². The van der Waals surface area contributed by atoms with E-state index in [4.69, 9.17) is 5.73 Å². The van der Waals surface area contributed by atoms with Gasteiger partial charge in [0.15, 0.2) is 0 Å². The molecule has 0 spiro atoms. The van der Waals surface area contributed by atoms with Gasteiger partial charge in [-0.25, -0.2) is 0 Å². The first-order valence-electron chi connectivity index (χ1n) is 8.14. The number of hydrogen-bond donors (Lipinski definition) is 1. The molecule has 3 nitrogen and oxygen atoms in total. The minimum absolute atomic E-state index is 0.0829. The van der Waals surface area contributed by atoms with E-state index in [1.165, 1.54) is 12.1 Å². The molecule has 132 valence electrons. The topological polar surface area (TPSA) is 46.1 Å². The van der Waals surface area contributed by atoms with Crippen molar-refractivity contribution in [3.63, 3.8) is 0 Å². The standard InChI is InChI=1S/C19H19F3N2O/c20-19(21,22)16-5-1-4-15(11-16)17-12-24(17)10-2-3-13-6-8-14(9-7-13)18(23)25/h1,4-9,11,17H,2-3,10,12H2,(H2,23,25). The number of nitrogens with zero attached hydrogens (tertiary/aromatic N) is 1. The molecule has 2 atom stereocenters. The first kappa shape index (κ1) is 17.5. The molecule has 1 fully saturated rings. The molecule has 0 aromatic heterocycles. The van der Waals surface area contributed by atoms with E-state index in [-0.39, 0.29) is 6.04 Å². The molecule has 1 aliphatic heterocycles. The molecule has 2 aromatic rings. The second-order valence-electron chi connectivity index (χ2n) is 6.30. The summed E-state index contributed by atoms with van der Waals surface area (Å²) in [5.41, 5.74) is 6.93. The highest BCUT2D eigenvalue weighted by molar-refractivity contribution is 5.92. The largest absolute Gasteiger partial charge is 0.416 e. The summed E-state index contributed by atoms with van der Waals surface area (Å²) in [4.78, 5) is 13.2. The molecule has 25 heavy (non-hydrogen) atoms. The van der Waals surface area contributed by atoms with Gasteiger partial charge in [0.05, 0.1) is 5.56 Å². The smallest absolute Gasteiger partial charge is 0.366 e. The quantitative estimate of drug-likeness (QED) is 0.807. The summed E-state index contributed by atoms with van der Waals surface area (Å²) >= 11 is 0. The second kappa shape index (κ2) is 6.88. The van der Waals surface area contributed by atoms with E-state index in [1.54, 1.807) is 18.2 Å². The van der Waals surface area contributed by atoms with Crippen molar-refractivity contribution in [2.45, 2.75) is 25.1 Å². The van der Waals surface area contributed by atoms with Crippen molar-refractivity contribution in [2.75, 3.05) is 13.1 Å². The number of hydrogen-bond acceptors (Lipinski definition) is 2. The second-order valence-corrected chi connectivity index (χ2v) is 6.30. The normalized spacial score (nSPS) is 19.6. The Morgan fingerprint density at radius 1 is 1.16 bits per heavy atom. The van der Waals surface area contributed by atoms with Crippen LogP contribution in [-0.4, -0.2) is 23.9 Å². The Morgan fingerprint density at radius 3 is 2.52 bits per heavy atom. The molecule has 0 bridgehead atoms. The van der Waals surface area contributed by atoms with Crippen LogP contribution in [0.4, 0.5) is 13.2 Å². The van der Waals surface area contributed by atoms with Crippen molar-refractivity contribution < 1.29 is 18.0 Å². The van der Waals surface area contributed by atoms with E-state index in [2.05, 4.69) is 4.90 Å². The number of benzene rings is 2. The zero-order chi connectivity index (χ0) is 18.0. The van der Waals surface area contributed by atoms with Crippen molar-refractivity contribution in [3.05, 3.63) is 70.8 Å². The highest BCUT2D eigenvalue weighted by Crippen LogP contribution is 2.37. The van der Waals surface area contributed by atoms with E-state index in [1.807, 2.05) is 12.1 Å². The number of carbonyl (C=O) groups excluding carboxylic acids is 1. The Labute approximate surface area is 144 Å². The Balaban J connectivity index is 1.49. The average molecular weight is 348 g/mol. The predicted octanol–water partition coefficient (Wildman–Crippen LogP) is 3.79. The number of primary amides is 1. The third-order valence-electron chi connectivity index (χ3n) is 4.46. The lowest BCUT2D eigenvalue weighted by molar-refractivity contribution is -0.137. The first-order chi connectivity index (χ1) is 11.8. The molecule has 0 aliphatic carbocycles. The molecular formula is C19H19F3N2O. The fraction of sp³-hybridized carbons (Fsp3) is 0.316. The van der Waals surface area contributed by atoms with Crippen LogP contribution in [0, 0.1) is 0 Å². The highest BCUT2D eigenvalue weighted by atomic mass is 19.4. The Morgan fingerprint density at radius 2 is 1.88 bits per heavy atom. The number of halogens is 3. The predicted molar refractivity (Wildman–Crippen MR) is 89.0 cm³/mol. The molecule has 1 amide bonds. The maximum Gasteiger partial charge on any atom is 0.416 e. The van der Waals surface area contributed by atoms with Crippen molar-refractivity contribution in [1.29, 1.82) is 0 Å². The molecule has 1 heterocycles. The highest BCUT2D eigenvalue weighted by Gasteiger charge is 2.37. The number of nitrogens with two attached hydrogens (primary N) is 1. The van der Waals surface area contributed by atoms with Gasteiger partial charge in [0.25, 0.3) is 0 Å². The summed E-state index contributed by atoms with van der Waals surface area (Å²) in [5.74, 6) is -0.445. The minimum Gasteiger partial charge on any atom is -0.366 e. The molecule has 1 aliphatic rings. The molecular weight excluding hydrogens is 329 g/mol. The summed E-state index contributed by atoms with van der Waals surface area (Å²) < 4.78 is 38.3. The Bertz CT molecular complexity index is 756.